The first-order valence-electron chi connectivity index (χ1n) is 9.25. The molecule has 30 heavy (non-hydrogen) atoms. The van der Waals surface area contributed by atoms with Crippen LogP contribution >= 0.6 is 22.6 Å². The van der Waals surface area contributed by atoms with Gasteiger partial charge in [-0.1, -0.05) is 17.7 Å². The van der Waals surface area contributed by atoms with Gasteiger partial charge in [0.1, 0.15) is 5.57 Å². The number of carbonyl (C=O) groups excluding carboxylic acids is 3. The van der Waals surface area contributed by atoms with Gasteiger partial charge in [0.25, 0.3) is 11.8 Å². The molecule has 0 aromatic heterocycles. The van der Waals surface area contributed by atoms with E-state index in [1.807, 2.05) is 32.9 Å². The molecule has 1 saturated heterocycles. The molecule has 0 aliphatic carbocycles. The molecule has 8 heteroatoms. The van der Waals surface area contributed by atoms with Crippen LogP contribution in [0, 0.1) is 17.4 Å². The Morgan fingerprint density at radius 1 is 1.13 bits per heavy atom. The van der Waals surface area contributed by atoms with E-state index in [-0.39, 0.29) is 5.57 Å². The molecule has 0 saturated carbocycles. The van der Waals surface area contributed by atoms with Crippen molar-refractivity contribution < 1.29 is 23.9 Å². The predicted octanol–water partition coefficient (Wildman–Crippen LogP) is 3.98. The molecule has 2 aromatic rings. The zero-order valence-corrected chi connectivity index (χ0v) is 19.2. The Balaban J connectivity index is 2.07. The Kier molecular flexibility index (Phi) is 6.45. The van der Waals surface area contributed by atoms with E-state index in [4.69, 9.17) is 9.47 Å². The molecule has 2 aromatic carbocycles. The lowest BCUT2D eigenvalue weighted by Crippen LogP contribution is -2.54. The Labute approximate surface area is 188 Å². The lowest BCUT2D eigenvalue weighted by Gasteiger charge is -2.27. The summed E-state index contributed by atoms with van der Waals surface area (Å²) in [6, 6.07) is 8.06. The summed E-state index contributed by atoms with van der Waals surface area (Å²) >= 11 is 2.10. The predicted molar refractivity (Wildman–Crippen MR) is 122 cm³/mol. The van der Waals surface area contributed by atoms with E-state index in [1.54, 1.807) is 25.3 Å². The molecule has 0 spiro atoms. The summed E-state index contributed by atoms with van der Waals surface area (Å²) in [6.45, 7) is 6.01. The van der Waals surface area contributed by atoms with E-state index in [0.717, 1.165) is 19.6 Å². The van der Waals surface area contributed by atoms with Gasteiger partial charge in [0, 0.05) is 0 Å². The van der Waals surface area contributed by atoms with Crippen LogP contribution in [0.1, 0.15) is 23.6 Å². The van der Waals surface area contributed by atoms with Crippen LogP contribution in [0.5, 0.6) is 11.5 Å². The number of rotatable bonds is 5. The first kappa shape index (κ1) is 21.8. The van der Waals surface area contributed by atoms with Crippen LogP contribution in [0.3, 0.4) is 0 Å². The van der Waals surface area contributed by atoms with Gasteiger partial charge < -0.3 is 9.47 Å². The number of hydrogen-bond donors (Lipinski definition) is 1. The van der Waals surface area contributed by atoms with Crippen molar-refractivity contribution >= 4 is 52.2 Å². The third-order valence-electron chi connectivity index (χ3n) is 4.54. The molecular weight excluding hydrogens is 499 g/mol. The highest BCUT2D eigenvalue weighted by Gasteiger charge is 2.37. The van der Waals surface area contributed by atoms with Gasteiger partial charge in [-0.05, 0) is 78.8 Å². The van der Waals surface area contributed by atoms with E-state index >= 15 is 0 Å². The van der Waals surface area contributed by atoms with Crippen molar-refractivity contribution in [2.24, 2.45) is 0 Å². The maximum atomic E-state index is 13.1. The number of nitrogens with one attached hydrogen (secondary N) is 1. The number of urea groups is 1. The fraction of sp³-hybridized carbons (Fsp3) is 0.227. The number of hydrogen-bond acceptors (Lipinski definition) is 5. The molecule has 4 amide bonds. The molecular formula is C22H21IN2O5. The van der Waals surface area contributed by atoms with Gasteiger partial charge in [-0.3, -0.25) is 14.9 Å². The summed E-state index contributed by atoms with van der Waals surface area (Å²) in [5, 5.41) is 2.25. The van der Waals surface area contributed by atoms with Crippen LogP contribution in [0.25, 0.3) is 6.08 Å². The second-order valence-corrected chi connectivity index (χ2v) is 7.88. The van der Waals surface area contributed by atoms with E-state index in [0.29, 0.717) is 29.4 Å². The molecule has 1 fully saturated rings. The SMILES string of the molecule is CCOc1cc(/C=C2\C(=O)NC(=O)N(c3ccc(C)cc3C)C2=O)cc(I)c1OC. The molecule has 0 unspecified atom stereocenters. The van der Waals surface area contributed by atoms with Crippen LogP contribution in [-0.2, 0) is 9.59 Å². The fourth-order valence-corrected chi connectivity index (χ4v) is 4.08. The maximum absolute atomic E-state index is 13.1. The smallest absolute Gasteiger partial charge is 0.335 e. The van der Waals surface area contributed by atoms with Crippen molar-refractivity contribution in [3.05, 3.63) is 56.2 Å². The van der Waals surface area contributed by atoms with Crippen LogP contribution < -0.4 is 19.7 Å². The maximum Gasteiger partial charge on any atom is 0.335 e. The molecule has 156 valence electrons. The summed E-state index contributed by atoms with van der Waals surface area (Å²) in [6.07, 6.45) is 1.45. The second kappa shape index (κ2) is 8.86. The summed E-state index contributed by atoms with van der Waals surface area (Å²) in [4.78, 5) is 39.0. The molecule has 0 radical (unpaired) electrons. The number of ether oxygens (including phenoxy) is 2. The molecule has 1 heterocycles. The molecule has 3 rings (SSSR count). The van der Waals surface area contributed by atoms with Gasteiger partial charge in [0.2, 0.25) is 0 Å². The number of nitrogens with zero attached hydrogens (tertiary/aromatic N) is 1. The lowest BCUT2D eigenvalue weighted by molar-refractivity contribution is -0.122. The standard InChI is InChI=1S/C22H21IN2O5/c1-5-30-18-11-14(10-16(23)19(18)29-4)9-15-20(26)24-22(28)25(21(15)27)17-7-6-12(2)8-13(17)3/h6-11H,5H2,1-4H3,(H,24,26,28)/b15-9+. The van der Waals surface area contributed by atoms with Crippen molar-refractivity contribution in [2.45, 2.75) is 20.8 Å². The molecule has 0 bridgehead atoms. The van der Waals surface area contributed by atoms with E-state index in [9.17, 15) is 14.4 Å². The average molecular weight is 520 g/mol. The zero-order valence-electron chi connectivity index (χ0n) is 17.0. The van der Waals surface area contributed by atoms with Crippen LogP contribution in [0.2, 0.25) is 0 Å². The van der Waals surface area contributed by atoms with Gasteiger partial charge in [0.15, 0.2) is 11.5 Å². The summed E-state index contributed by atoms with van der Waals surface area (Å²) in [5.74, 6) is -0.342. The highest BCUT2D eigenvalue weighted by Crippen LogP contribution is 2.35. The van der Waals surface area contributed by atoms with Gasteiger partial charge in [-0.15, -0.1) is 0 Å². The van der Waals surface area contributed by atoms with Crippen molar-refractivity contribution in [3.63, 3.8) is 0 Å². The molecule has 1 N–H and O–H groups in total. The number of benzene rings is 2. The Morgan fingerprint density at radius 3 is 2.50 bits per heavy atom. The van der Waals surface area contributed by atoms with E-state index in [2.05, 4.69) is 27.9 Å². The first-order chi connectivity index (χ1) is 14.3. The Hall–Kier alpha value is -2.88. The highest BCUT2D eigenvalue weighted by molar-refractivity contribution is 14.1. The van der Waals surface area contributed by atoms with Gasteiger partial charge in [0.05, 0.1) is 23.0 Å². The lowest BCUT2D eigenvalue weighted by atomic mass is 10.0. The van der Waals surface area contributed by atoms with Gasteiger partial charge >= 0.3 is 6.03 Å². The number of methoxy groups -OCH3 is 1. The number of anilines is 1. The van der Waals surface area contributed by atoms with Crippen LogP contribution in [0.4, 0.5) is 10.5 Å². The second-order valence-electron chi connectivity index (χ2n) is 6.71. The molecule has 1 aliphatic heterocycles. The minimum atomic E-state index is -0.770. The van der Waals surface area contributed by atoms with Crippen LogP contribution in [0.15, 0.2) is 35.9 Å². The Morgan fingerprint density at radius 2 is 1.87 bits per heavy atom. The number of amides is 4. The molecule has 7 nitrogen and oxygen atoms in total. The van der Waals surface area contributed by atoms with Crippen molar-refractivity contribution in [2.75, 3.05) is 18.6 Å². The minimum Gasteiger partial charge on any atom is -0.492 e. The van der Waals surface area contributed by atoms with Crippen molar-refractivity contribution in [3.8, 4) is 11.5 Å². The normalized spacial score (nSPS) is 15.4. The van der Waals surface area contributed by atoms with Gasteiger partial charge in [-0.2, -0.15) is 0 Å². The largest absolute Gasteiger partial charge is 0.492 e. The fourth-order valence-electron chi connectivity index (χ4n) is 3.23. The molecule has 1 aliphatic rings. The highest BCUT2D eigenvalue weighted by atomic mass is 127. The molecule has 0 atom stereocenters. The summed E-state index contributed by atoms with van der Waals surface area (Å²) in [7, 11) is 1.55. The third-order valence-corrected chi connectivity index (χ3v) is 5.34. The van der Waals surface area contributed by atoms with E-state index < -0.39 is 17.8 Å². The third kappa shape index (κ3) is 4.18. The van der Waals surface area contributed by atoms with Crippen molar-refractivity contribution in [1.29, 1.82) is 0 Å². The average Bonchev–Trinajstić information content (AvgIpc) is 2.67. The number of halogens is 1. The minimum absolute atomic E-state index is 0.141. The quantitative estimate of drug-likeness (QED) is 0.367. The first-order valence-corrected chi connectivity index (χ1v) is 10.3. The number of carbonyl (C=O) groups is 3. The Bertz CT molecular complexity index is 1080. The van der Waals surface area contributed by atoms with E-state index in [1.165, 1.54) is 6.08 Å². The number of imide groups is 2. The van der Waals surface area contributed by atoms with Gasteiger partial charge in [-0.25, -0.2) is 9.69 Å². The van der Waals surface area contributed by atoms with Crippen LogP contribution in [-0.4, -0.2) is 31.6 Å². The summed E-state index contributed by atoms with van der Waals surface area (Å²) < 4.78 is 11.8. The topological polar surface area (TPSA) is 84.9 Å². The number of aryl methyl sites for hydroxylation is 2. The number of barbiturate groups is 1. The summed E-state index contributed by atoms with van der Waals surface area (Å²) in [5.41, 5.74) is 2.63. The zero-order chi connectivity index (χ0) is 22.0. The monoisotopic (exact) mass is 520 g/mol. The van der Waals surface area contributed by atoms with Crippen molar-refractivity contribution in [1.82, 2.24) is 5.32 Å².